The van der Waals surface area contributed by atoms with Crippen molar-refractivity contribution in [1.82, 2.24) is 0 Å². The lowest BCUT2D eigenvalue weighted by molar-refractivity contribution is -0.384. The Morgan fingerprint density at radius 1 is 1.57 bits per heavy atom. The SMILES string of the molecule is CCCSc1ccc([N+](=O)[O-])c(N(CC(=O)O)C(=N)N)c1. The largest absolute Gasteiger partial charge is 0.480 e. The Morgan fingerprint density at radius 3 is 2.71 bits per heavy atom. The fraction of sp³-hybridized carbons (Fsp3) is 0.333. The van der Waals surface area contributed by atoms with Gasteiger partial charge in [-0.1, -0.05) is 6.92 Å². The van der Waals surface area contributed by atoms with Crippen LogP contribution in [-0.2, 0) is 4.79 Å². The van der Waals surface area contributed by atoms with Crippen LogP contribution in [0.2, 0.25) is 0 Å². The van der Waals surface area contributed by atoms with Gasteiger partial charge in [0.2, 0.25) is 0 Å². The number of anilines is 1. The van der Waals surface area contributed by atoms with Gasteiger partial charge in [-0.05, 0) is 24.3 Å². The van der Waals surface area contributed by atoms with Crippen LogP contribution < -0.4 is 10.6 Å². The first kappa shape index (κ1) is 16.8. The molecule has 0 bridgehead atoms. The molecule has 0 unspecified atom stereocenters. The molecule has 0 aliphatic carbocycles. The lowest BCUT2D eigenvalue weighted by Gasteiger charge is -2.20. The van der Waals surface area contributed by atoms with Crippen LogP contribution in [0.4, 0.5) is 11.4 Å². The van der Waals surface area contributed by atoms with E-state index in [0.29, 0.717) is 0 Å². The van der Waals surface area contributed by atoms with Crippen LogP contribution in [0.3, 0.4) is 0 Å². The minimum Gasteiger partial charge on any atom is -0.480 e. The summed E-state index contributed by atoms with van der Waals surface area (Å²) in [5, 5.41) is 27.4. The maximum absolute atomic E-state index is 11.1. The van der Waals surface area contributed by atoms with Crippen molar-refractivity contribution in [1.29, 1.82) is 5.41 Å². The van der Waals surface area contributed by atoms with Gasteiger partial charge in [-0.2, -0.15) is 0 Å². The molecule has 114 valence electrons. The van der Waals surface area contributed by atoms with Crippen molar-refractivity contribution in [2.45, 2.75) is 18.2 Å². The fourth-order valence-corrected chi connectivity index (χ4v) is 2.42. The van der Waals surface area contributed by atoms with Crippen molar-refractivity contribution in [2.24, 2.45) is 5.73 Å². The van der Waals surface area contributed by atoms with E-state index >= 15 is 0 Å². The predicted molar refractivity (Wildman–Crippen MR) is 81.0 cm³/mol. The molecule has 9 heteroatoms. The maximum atomic E-state index is 11.1. The van der Waals surface area contributed by atoms with Crippen LogP contribution in [-0.4, -0.2) is 34.3 Å². The summed E-state index contributed by atoms with van der Waals surface area (Å²) in [5.41, 5.74) is 5.08. The van der Waals surface area contributed by atoms with E-state index in [4.69, 9.17) is 16.2 Å². The second-order valence-corrected chi connectivity index (χ2v) is 5.29. The molecule has 0 fully saturated rings. The molecule has 1 aromatic rings. The first-order valence-corrected chi connectivity index (χ1v) is 7.10. The average Bonchev–Trinajstić information content (AvgIpc) is 2.41. The lowest BCUT2D eigenvalue weighted by Crippen LogP contribution is -2.40. The molecule has 4 N–H and O–H groups in total. The number of guanidine groups is 1. The number of carboxylic acid groups (broad SMARTS) is 1. The van der Waals surface area contributed by atoms with Gasteiger partial charge in [0, 0.05) is 11.0 Å². The van der Waals surface area contributed by atoms with E-state index in [-0.39, 0.29) is 11.4 Å². The van der Waals surface area contributed by atoms with E-state index in [9.17, 15) is 14.9 Å². The van der Waals surface area contributed by atoms with Crippen LogP contribution >= 0.6 is 11.8 Å². The molecule has 0 saturated carbocycles. The number of nitro benzene ring substituents is 1. The molecule has 1 rings (SSSR count). The third-order valence-electron chi connectivity index (χ3n) is 2.49. The predicted octanol–water partition coefficient (Wildman–Crippen LogP) is 1.88. The number of hydrogen-bond donors (Lipinski definition) is 3. The molecule has 0 saturated heterocycles. The summed E-state index contributed by atoms with van der Waals surface area (Å²) in [4.78, 5) is 23.0. The average molecular weight is 312 g/mol. The number of carboxylic acids is 1. The number of nitrogens with two attached hydrogens (primary N) is 1. The number of aliphatic carboxylic acids is 1. The molecular formula is C12H16N4O4S. The Bertz CT molecular complexity index is 564. The molecule has 0 aromatic heterocycles. The third kappa shape index (κ3) is 4.63. The minimum absolute atomic E-state index is 0.0102. The summed E-state index contributed by atoms with van der Waals surface area (Å²) in [6.07, 6.45) is 0.933. The van der Waals surface area contributed by atoms with Crippen LogP contribution in [0.5, 0.6) is 0 Å². The zero-order valence-electron chi connectivity index (χ0n) is 11.4. The molecule has 8 nitrogen and oxygen atoms in total. The zero-order chi connectivity index (χ0) is 16.0. The van der Waals surface area contributed by atoms with Crippen molar-refractivity contribution in [3.63, 3.8) is 0 Å². The van der Waals surface area contributed by atoms with Crippen molar-refractivity contribution in [2.75, 3.05) is 17.2 Å². The summed E-state index contributed by atoms with van der Waals surface area (Å²) in [6, 6.07) is 4.38. The smallest absolute Gasteiger partial charge is 0.323 e. The van der Waals surface area contributed by atoms with Crippen molar-refractivity contribution >= 4 is 35.1 Å². The molecule has 0 aliphatic heterocycles. The van der Waals surface area contributed by atoms with Gasteiger partial charge in [0.05, 0.1) is 4.92 Å². The van der Waals surface area contributed by atoms with Gasteiger partial charge >= 0.3 is 5.97 Å². The molecular weight excluding hydrogens is 296 g/mol. The van der Waals surface area contributed by atoms with Crippen molar-refractivity contribution < 1.29 is 14.8 Å². The number of rotatable bonds is 7. The highest BCUT2D eigenvalue weighted by atomic mass is 32.2. The number of nitrogens with one attached hydrogen (secondary N) is 1. The van der Waals surface area contributed by atoms with Crippen LogP contribution in [0.25, 0.3) is 0 Å². The standard InChI is InChI=1S/C12H16N4O4S/c1-2-5-21-8-3-4-9(16(19)20)10(6-8)15(12(13)14)7-11(17)18/h3-4,6H,2,5,7H2,1H3,(H3,13,14)(H,17,18). The molecule has 0 spiro atoms. The van der Waals surface area contributed by atoms with E-state index in [0.717, 1.165) is 22.0 Å². The first-order chi connectivity index (χ1) is 9.86. The topological polar surface area (TPSA) is 134 Å². The first-order valence-electron chi connectivity index (χ1n) is 6.11. The minimum atomic E-state index is -1.23. The Hall–Kier alpha value is -2.29. The number of nitrogens with zero attached hydrogens (tertiary/aromatic N) is 2. The highest BCUT2D eigenvalue weighted by Crippen LogP contribution is 2.33. The summed E-state index contributed by atoms with van der Waals surface area (Å²) in [5.74, 6) is -0.958. The summed E-state index contributed by atoms with van der Waals surface area (Å²) in [7, 11) is 0. The van der Waals surface area contributed by atoms with E-state index < -0.39 is 23.4 Å². The van der Waals surface area contributed by atoms with Crippen molar-refractivity contribution in [3.05, 3.63) is 28.3 Å². The van der Waals surface area contributed by atoms with Crippen LogP contribution in [0, 0.1) is 15.5 Å². The van der Waals surface area contributed by atoms with Gasteiger partial charge in [0.1, 0.15) is 12.2 Å². The van der Waals surface area contributed by atoms with Gasteiger partial charge in [0.25, 0.3) is 5.69 Å². The third-order valence-corrected chi connectivity index (χ3v) is 3.69. The molecule has 0 aliphatic rings. The van der Waals surface area contributed by atoms with E-state index in [1.54, 1.807) is 6.07 Å². The molecule has 0 atom stereocenters. The lowest BCUT2D eigenvalue weighted by atomic mass is 10.2. The monoisotopic (exact) mass is 312 g/mol. The molecule has 21 heavy (non-hydrogen) atoms. The Morgan fingerprint density at radius 2 is 2.24 bits per heavy atom. The number of nitro groups is 1. The van der Waals surface area contributed by atoms with E-state index in [1.807, 2.05) is 6.92 Å². The molecule has 1 aromatic carbocycles. The fourth-order valence-electron chi connectivity index (χ4n) is 1.62. The van der Waals surface area contributed by atoms with Crippen molar-refractivity contribution in [3.8, 4) is 0 Å². The van der Waals surface area contributed by atoms with Gasteiger partial charge in [-0.25, -0.2) is 0 Å². The summed E-state index contributed by atoms with van der Waals surface area (Å²) >= 11 is 1.50. The molecule has 0 amide bonds. The number of carbonyl (C=O) groups is 1. The number of benzene rings is 1. The molecule has 0 heterocycles. The Labute approximate surface area is 125 Å². The highest BCUT2D eigenvalue weighted by molar-refractivity contribution is 7.99. The van der Waals surface area contributed by atoms with E-state index in [1.165, 1.54) is 23.9 Å². The van der Waals surface area contributed by atoms with Gasteiger partial charge in [-0.3, -0.25) is 25.2 Å². The van der Waals surface area contributed by atoms with Gasteiger partial charge in [0.15, 0.2) is 5.96 Å². The normalized spacial score (nSPS) is 10.1. The Balaban J connectivity index is 3.28. The van der Waals surface area contributed by atoms with Gasteiger partial charge in [-0.15, -0.1) is 11.8 Å². The quantitative estimate of drug-likeness (QED) is 0.230. The number of thioether (sulfide) groups is 1. The Kier molecular flexibility index (Phi) is 5.97. The second kappa shape index (κ2) is 7.48. The van der Waals surface area contributed by atoms with Crippen LogP contribution in [0.15, 0.2) is 23.1 Å². The summed E-state index contributed by atoms with van der Waals surface area (Å²) < 4.78 is 0. The summed E-state index contributed by atoms with van der Waals surface area (Å²) in [6.45, 7) is 1.39. The second-order valence-electron chi connectivity index (χ2n) is 4.12. The highest BCUT2D eigenvalue weighted by Gasteiger charge is 2.23. The number of hydrogen-bond acceptors (Lipinski definition) is 5. The van der Waals surface area contributed by atoms with Crippen LogP contribution in [0.1, 0.15) is 13.3 Å². The maximum Gasteiger partial charge on any atom is 0.323 e. The zero-order valence-corrected chi connectivity index (χ0v) is 12.2. The molecule has 0 radical (unpaired) electrons. The van der Waals surface area contributed by atoms with E-state index in [2.05, 4.69) is 0 Å². The van der Waals surface area contributed by atoms with Gasteiger partial charge < -0.3 is 10.8 Å².